The number of anilines is 2. The highest BCUT2D eigenvalue weighted by Crippen LogP contribution is 2.62. The van der Waals surface area contributed by atoms with E-state index in [0.717, 1.165) is 18.6 Å². The third-order valence-electron chi connectivity index (χ3n) is 7.91. The topological polar surface area (TPSA) is 60.9 Å². The third-order valence-corrected chi connectivity index (χ3v) is 7.91. The quantitative estimate of drug-likeness (QED) is 0.632. The van der Waals surface area contributed by atoms with Crippen molar-refractivity contribution in [2.75, 3.05) is 22.9 Å². The van der Waals surface area contributed by atoms with Gasteiger partial charge in [0.2, 0.25) is 11.8 Å². The number of alkyl halides is 3. The van der Waals surface area contributed by atoms with Crippen LogP contribution in [-0.2, 0) is 26.1 Å². The molecule has 1 spiro atoms. The Kier molecular flexibility index (Phi) is 4.34. The maximum absolute atomic E-state index is 14.0. The van der Waals surface area contributed by atoms with E-state index in [4.69, 9.17) is 0 Å². The lowest BCUT2D eigenvalue weighted by Gasteiger charge is -2.37. The Morgan fingerprint density at radius 1 is 0.971 bits per heavy atom. The molecule has 6 rings (SSSR count). The van der Waals surface area contributed by atoms with Gasteiger partial charge in [-0.2, -0.15) is 13.2 Å². The Hall–Kier alpha value is -3.20. The molecule has 0 N–H and O–H groups in total. The number of amides is 3. The van der Waals surface area contributed by atoms with Gasteiger partial charge in [-0.25, -0.2) is 4.90 Å². The van der Waals surface area contributed by atoms with Crippen LogP contribution >= 0.6 is 0 Å². The predicted octanol–water partition coefficient (Wildman–Crippen LogP) is 3.55. The van der Waals surface area contributed by atoms with Gasteiger partial charge in [-0.1, -0.05) is 30.3 Å². The number of hydrogen-bond acceptors (Lipinski definition) is 4. The molecule has 2 aromatic rings. The number of halogens is 3. The summed E-state index contributed by atoms with van der Waals surface area (Å²) in [5, 5.41) is 0. The van der Waals surface area contributed by atoms with Crippen molar-refractivity contribution >= 4 is 29.1 Å². The molecule has 3 fully saturated rings. The zero-order chi connectivity index (χ0) is 24.0. The van der Waals surface area contributed by atoms with E-state index in [-0.39, 0.29) is 11.9 Å². The van der Waals surface area contributed by atoms with Crippen LogP contribution in [0.25, 0.3) is 0 Å². The normalized spacial score (nSPS) is 30.5. The molecular formula is C25H22F3N3O3. The van der Waals surface area contributed by atoms with Crippen LogP contribution in [0.3, 0.4) is 0 Å². The van der Waals surface area contributed by atoms with Crippen LogP contribution in [0.1, 0.15) is 30.9 Å². The third kappa shape index (κ3) is 2.38. The van der Waals surface area contributed by atoms with Gasteiger partial charge in [0.15, 0.2) is 0 Å². The van der Waals surface area contributed by atoms with E-state index in [1.807, 2.05) is 30.0 Å². The van der Waals surface area contributed by atoms with Crippen molar-refractivity contribution in [2.24, 2.45) is 11.8 Å². The van der Waals surface area contributed by atoms with Gasteiger partial charge in [-0.3, -0.25) is 19.3 Å². The highest BCUT2D eigenvalue weighted by atomic mass is 19.4. The van der Waals surface area contributed by atoms with Crippen LogP contribution in [0.4, 0.5) is 24.5 Å². The summed E-state index contributed by atoms with van der Waals surface area (Å²) in [6, 6.07) is 11.5. The number of benzene rings is 2. The molecule has 2 aromatic carbocycles. The van der Waals surface area contributed by atoms with E-state index in [1.54, 1.807) is 11.0 Å². The standard InChI is InChI=1S/C25H22F3N3O3/c1-2-29-16-10-5-3-8-14(16)24(23(29)34)20-19(18-12-7-13-30(18)24)21(32)31(22(20)33)17-11-6-4-9-15(17)25(26,27)28/h3-6,8-11,18-20H,2,7,12-13H2,1H3/t18-,19+,20-,24-/m0/s1. The molecule has 0 bridgehead atoms. The Morgan fingerprint density at radius 3 is 2.35 bits per heavy atom. The maximum atomic E-state index is 14.0. The number of hydrogen-bond donors (Lipinski definition) is 0. The molecule has 4 aliphatic rings. The molecular weight excluding hydrogens is 447 g/mol. The van der Waals surface area contributed by atoms with Crippen molar-refractivity contribution in [3.8, 4) is 0 Å². The van der Waals surface area contributed by atoms with Gasteiger partial charge in [0.1, 0.15) is 5.54 Å². The first-order chi connectivity index (χ1) is 16.2. The molecule has 9 heteroatoms. The molecule has 34 heavy (non-hydrogen) atoms. The average Bonchev–Trinajstić information content (AvgIpc) is 3.50. The van der Waals surface area contributed by atoms with Gasteiger partial charge >= 0.3 is 6.18 Å². The van der Waals surface area contributed by atoms with Gasteiger partial charge in [-0.05, 0) is 44.5 Å². The van der Waals surface area contributed by atoms with E-state index in [2.05, 4.69) is 0 Å². The van der Waals surface area contributed by atoms with Crippen LogP contribution in [0.15, 0.2) is 48.5 Å². The molecule has 0 unspecified atom stereocenters. The second-order valence-electron chi connectivity index (χ2n) is 9.27. The van der Waals surface area contributed by atoms with E-state index in [1.165, 1.54) is 12.1 Å². The Morgan fingerprint density at radius 2 is 1.65 bits per heavy atom. The summed E-state index contributed by atoms with van der Waals surface area (Å²) >= 11 is 0. The fourth-order valence-electron chi connectivity index (χ4n) is 6.80. The lowest BCUT2D eigenvalue weighted by atomic mass is 9.75. The number of likely N-dealkylation sites (N-methyl/N-ethyl adjacent to an activating group) is 1. The first-order valence-electron chi connectivity index (χ1n) is 11.5. The number of carbonyl (C=O) groups is 3. The number of nitrogens with zero attached hydrogens (tertiary/aromatic N) is 3. The molecule has 4 atom stereocenters. The number of imide groups is 1. The van der Waals surface area contributed by atoms with E-state index < -0.39 is 46.6 Å². The van der Waals surface area contributed by atoms with Gasteiger partial charge in [0.25, 0.3) is 5.91 Å². The van der Waals surface area contributed by atoms with Gasteiger partial charge in [0.05, 0.1) is 23.1 Å². The minimum absolute atomic E-state index is 0.275. The van der Waals surface area contributed by atoms with Crippen molar-refractivity contribution in [2.45, 2.75) is 37.5 Å². The molecule has 4 aliphatic heterocycles. The number of fused-ring (bicyclic) bond motifs is 7. The largest absolute Gasteiger partial charge is 0.418 e. The second kappa shape index (κ2) is 6.91. The van der Waals surface area contributed by atoms with Crippen LogP contribution in [-0.4, -0.2) is 41.8 Å². The van der Waals surface area contributed by atoms with Crippen LogP contribution in [0.5, 0.6) is 0 Å². The van der Waals surface area contributed by atoms with Crippen molar-refractivity contribution in [1.82, 2.24) is 4.90 Å². The van der Waals surface area contributed by atoms with Crippen LogP contribution < -0.4 is 9.80 Å². The summed E-state index contributed by atoms with van der Waals surface area (Å²) in [6.07, 6.45) is -3.38. The van der Waals surface area contributed by atoms with Gasteiger partial charge in [0, 0.05) is 23.8 Å². The summed E-state index contributed by atoms with van der Waals surface area (Å²) < 4.78 is 41.4. The molecule has 3 saturated heterocycles. The van der Waals surface area contributed by atoms with E-state index >= 15 is 0 Å². The SMILES string of the molecule is CCN1C(=O)[C@]2(c3ccccc31)[C@@H]1C(=O)N(c3ccccc3C(F)(F)F)C(=O)[C@@H]1[C@@H]1CCCN12. The van der Waals surface area contributed by atoms with Crippen molar-refractivity contribution in [3.05, 3.63) is 59.7 Å². The molecule has 6 nitrogen and oxygen atoms in total. The summed E-state index contributed by atoms with van der Waals surface area (Å²) in [6.45, 7) is 2.78. The first-order valence-corrected chi connectivity index (χ1v) is 11.5. The monoisotopic (exact) mass is 469 g/mol. The summed E-state index contributed by atoms with van der Waals surface area (Å²) in [5.41, 5.74) is -1.54. The van der Waals surface area contributed by atoms with E-state index in [9.17, 15) is 27.6 Å². The minimum Gasteiger partial charge on any atom is -0.310 e. The Labute approximate surface area is 193 Å². The lowest BCUT2D eigenvalue weighted by Crippen LogP contribution is -2.56. The smallest absolute Gasteiger partial charge is 0.310 e. The molecule has 0 aromatic heterocycles. The Bertz CT molecular complexity index is 1250. The highest BCUT2D eigenvalue weighted by Gasteiger charge is 2.75. The second-order valence-corrected chi connectivity index (χ2v) is 9.27. The molecule has 0 aliphatic carbocycles. The molecule has 0 saturated carbocycles. The fraction of sp³-hybridized carbons (Fsp3) is 0.400. The van der Waals surface area contributed by atoms with Crippen LogP contribution in [0.2, 0.25) is 0 Å². The first kappa shape index (κ1) is 21.3. The van der Waals surface area contributed by atoms with Crippen LogP contribution in [0, 0.1) is 11.8 Å². The number of para-hydroxylation sites is 2. The maximum Gasteiger partial charge on any atom is 0.418 e. The zero-order valence-electron chi connectivity index (χ0n) is 18.4. The fourth-order valence-corrected chi connectivity index (χ4v) is 6.80. The van der Waals surface area contributed by atoms with Crippen molar-refractivity contribution in [3.63, 3.8) is 0 Å². The summed E-state index contributed by atoms with van der Waals surface area (Å²) in [4.78, 5) is 46.0. The van der Waals surface area contributed by atoms with Gasteiger partial charge in [-0.15, -0.1) is 0 Å². The average molecular weight is 469 g/mol. The molecule has 0 radical (unpaired) electrons. The number of carbonyl (C=O) groups excluding carboxylic acids is 3. The number of rotatable bonds is 2. The lowest BCUT2D eigenvalue weighted by molar-refractivity contribution is -0.138. The minimum atomic E-state index is -4.74. The van der Waals surface area contributed by atoms with E-state index in [0.29, 0.717) is 35.7 Å². The molecule has 3 amide bonds. The molecule has 4 heterocycles. The highest BCUT2D eigenvalue weighted by molar-refractivity contribution is 6.26. The Balaban J connectivity index is 1.57. The van der Waals surface area contributed by atoms with Crippen molar-refractivity contribution < 1.29 is 27.6 Å². The van der Waals surface area contributed by atoms with Gasteiger partial charge < -0.3 is 4.90 Å². The summed E-state index contributed by atoms with van der Waals surface area (Å²) in [7, 11) is 0. The predicted molar refractivity (Wildman–Crippen MR) is 117 cm³/mol. The van der Waals surface area contributed by atoms with Crippen molar-refractivity contribution in [1.29, 1.82) is 0 Å². The molecule has 176 valence electrons. The zero-order valence-corrected chi connectivity index (χ0v) is 18.4. The summed E-state index contributed by atoms with van der Waals surface area (Å²) in [5.74, 6) is -3.60.